The van der Waals surface area contributed by atoms with E-state index < -0.39 is 0 Å². The van der Waals surface area contributed by atoms with Gasteiger partial charge in [0, 0.05) is 44.7 Å². The van der Waals surface area contributed by atoms with Gasteiger partial charge in [-0.3, -0.25) is 14.6 Å². The zero-order valence-electron chi connectivity index (χ0n) is 11.8. The molecule has 0 spiro atoms. The van der Waals surface area contributed by atoms with Gasteiger partial charge >= 0.3 is 0 Å². The molecule has 1 aromatic heterocycles. The van der Waals surface area contributed by atoms with Crippen molar-refractivity contribution in [1.82, 2.24) is 15.2 Å². The molecule has 6 heteroatoms. The van der Waals surface area contributed by atoms with E-state index in [-0.39, 0.29) is 24.0 Å². The van der Waals surface area contributed by atoms with Gasteiger partial charge in [-0.15, -0.1) is 0 Å². The summed E-state index contributed by atoms with van der Waals surface area (Å²) in [5, 5.41) is 2.73. The smallest absolute Gasteiger partial charge is 0.245 e. The number of hydrogen-bond donors (Lipinski definition) is 1. The number of amides is 2. The van der Waals surface area contributed by atoms with Gasteiger partial charge in [-0.05, 0) is 18.6 Å². The highest BCUT2D eigenvalue weighted by Gasteiger charge is 2.32. The van der Waals surface area contributed by atoms with Crippen LogP contribution in [0.3, 0.4) is 0 Å². The van der Waals surface area contributed by atoms with Gasteiger partial charge in [-0.2, -0.15) is 0 Å². The number of carbonyl (C=O) groups excluding carboxylic acids is 2. The number of nitrogens with zero attached hydrogens (tertiary/aromatic N) is 2. The standard InChI is InChI=1S/C15H19N3O3/c19-14-2-1-13(17-14)15(20)18-9-5-12(6-10-18)21-11-3-7-16-8-4-11/h3-4,7-8,12-13H,1-2,5-6,9-10H2,(H,17,19)/t13-/m1/s1. The lowest BCUT2D eigenvalue weighted by Gasteiger charge is -2.33. The van der Waals surface area contributed by atoms with E-state index in [0.29, 0.717) is 25.9 Å². The molecular weight excluding hydrogens is 270 g/mol. The lowest BCUT2D eigenvalue weighted by atomic mass is 10.1. The average molecular weight is 289 g/mol. The predicted molar refractivity (Wildman–Crippen MR) is 75.6 cm³/mol. The second-order valence-electron chi connectivity index (χ2n) is 5.48. The number of pyridine rings is 1. The summed E-state index contributed by atoms with van der Waals surface area (Å²) in [4.78, 5) is 29.3. The lowest BCUT2D eigenvalue weighted by molar-refractivity contribution is -0.136. The number of nitrogens with one attached hydrogen (secondary N) is 1. The van der Waals surface area contributed by atoms with Crippen LogP contribution >= 0.6 is 0 Å². The molecule has 0 radical (unpaired) electrons. The van der Waals surface area contributed by atoms with E-state index in [2.05, 4.69) is 10.3 Å². The van der Waals surface area contributed by atoms with Gasteiger partial charge in [0.15, 0.2) is 0 Å². The van der Waals surface area contributed by atoms with Crippen LogP contribution in [0.4, 0.5) is 0 Å². The molecule has 2 amide bonds. The Morgan fingerprint density at radius 2 is 1.95 bits per heavy atom. The molecule has 1 N–H and O–H groups in total. The van der Waals surface area contributed by atoms with Crippen molar-refractivity contribution >= 4 is 11.8 Å². The fourth-order valence-electron chi connectivity index (χ4n) is 2.82. The Bertz CT molecular complexity index is 512. The summed E-state index contributed by atoms with van der Waals surface area (Å²) in [5.41, 5.74) is 0. The fraction of sp³-hybridized carbons (Fsp3) is 0.533. The van der Waals surface area contributed by atoms with Gasteiger partial charge < -0.3 is 15.0 Å². The largest absolute Gasteiger partial charge is 0.490 e. The summed E-state index contributed by atoms with van der Waals surface area (Å²) in [7, 11) is 0. The van der Waals surface area contributed by atoms with Crippen molar-refractivity contribution in [3.05, 3.63) is 24.5 Å². The molecule has 1 atom stereocenters. The highest BCUT2D eigenvalue weighted by molar-refractivity contribution is 5.90. The van der Waals surface area contributed by atoms with Crippen LogP contribution in [0.2, 0.25) is 0 Å². The summed E-state index contributed by atoms with van der Waals surface area (Å²) in [5.74, 6) is 0.838. The second kappa shape index (κ2) is 6.11. The first kappa shape index (κ1) is 13.9. The summed E-state index contributed by atoms with van der Waals surface area (Å²) in [6.07, 6.45) is 6.25. The van der Waals surface area contributed by atoms with Crippen molar-refractivity contribution < 1.29 is 14.3 Å². The number of rotatable bonds is 3. The molecule has 6 nitrogen and oxygen atoms in total. The van der Waals surface area contributed by atoms with Crippen LogP contribution in [0.1, 0.15) is 25.7 Å². The minimum absolute atomic E-state index is 0.0238. The van der Waals surface area contributed by atoms with Crippen molar-refractivity contribution in [3.63, 3.8) is 0 Å². The SMILES string of the molecule is O=C1CC[C@H](C(=O)N2CCC(Oc3ccncc3)CC2)N1. The maximum absolute atomic E-state index is 12.3. The van der Waals surface area contributed by atoms with Crippen LogP contribution in [0.15, 0.2) is 24.5 Å². The first-order valence-electron chi connectivity index (χ1n) is 7.37. The number of ether oxygens (including phenoxy) is 1. The van der Waals surface area contributed by atoms with E-state index in [9.17, 15) is 9.59 Å². The Kier molecular flexibility index (Phi) is 4.03. The number of aromatic nitrogens is 1. The van der Waals surface area contributed by atoms with Crippen molar-refractivity contribution in [3.8, 4) is 5.75 Å². The molecule has 2 fully saturated rings. The summed E-state index contributed by atoms with van der Waals surface area (Å²) >= 11 is 0. The van der Waals surface area contributed by atoms with E-state index >= 15 is 0 Å². The van der Waals surface area contributed by atoms with Gasteiger partial charge in [0.05, 0.1) is 0 Å². The number of carbonyl (C=O) groups is 2. The van der Waals surface area contributed by atoms with Crippen LogP contribution in [-0.2, 0) is 9.59 Å². The molecule has 2 aliphatic heterocycles. The Labute approximate surface area is 123 Å². The lowest BCUT2D eigenvalue weighted by Crippen LogP contribution is -2.49. The summed E-state index contributed by atoms with van der Waals surface area (Å²) < 4.78 is 5.88. The molecule has 0 bridgehead atoms. The van der Waals surface area contributed by atoms with Crippen molar-refractivity contribution in [1.29, 1.82) is 0 Å². The monoisotopic (exact) mass is 289 g/mol. The minimum Gasteiger partial charge on any atom is -0.490 e. The Morgan fingerprint density at radius 3 is 2.57 bits per heavy atom. The molecule has 3 heterocycles. The zero-order valence-corrected chi connectivity index (χ0v) is 11.8. The highest BCUT2D eigenvalue weighted by atomic mass is 16.5. The van der Waals surface area contributed by atoms with Crippen LogP contribution in [-0.4, -0.2) is 46.9 Å². The topological polar surface area (TPSA) is 71.5 Å². The molecule has 0 saturated carbocycles. The number of likely N-dealkylation sites (tertiary alicyclic amines) is 1. The summed E-state index contributed by atoms with van der Waals surface area (Å²) in [6, 6.07) is 3.35. The molecule has 3 rings (SSSR count). The van der Waals surface area contributed by atoms with Crippen LogP contribution in [0.25, 0.3) is 0 Å². The first-order valence-corrected chi connectivity index (χ1v) is 7.37. The predicted octanol–water partition coefficient (Wildman–Crippen LogP) is 0.730. The van der Waals surface area contributed by atoms with Gasteiger partial charge in [0.2, 0.25) is 11.8 Å². The first-order chi connectivity index (χ1) is 10.2. The third kappa shape index (κ3) is 3.32. The Morgan fingerprint density at radius 1 is 1.24 bits per heavy atom. The maximum Gasteiger partial charge on any atom is 0.245 e. The van der Waals surface area contributed by atoms with Crippen molar-refractivity contribution in [2.75, 3.05) is 13.1 Å². The molecule has 2 saturated heterocycles. The summed E-state index contributed by atoms with van der Waals surface area (Å²) in [6.45, 7) is 1.36. The number of hydrogen-bond acceptors (Lipinski definition) is 4. The van der Waals surface area contributed by atoms with Crippen molar-refractivity contribution in [2.45, 2.75) is 37.8 Å². The quantitative estimate of drug-likeness (QED) is 0.890. The van der Waals surface area contributed by atoms with E-state index in [0.717, 1.165) is 18.6 Å². The van der Waals surface area contributed by atoms with E-state index in [1.807, 2.05) is 17.0 Å². The fourth-order valence-corrected chi connectivity index (χ4v) is 2.82. The van der Waals surface area contributed by atoms with Gasteiger partial charge in [0.25, 0.3) is 0 Å². The second-order valence-corrected chi connectivity index (χ2v) is 5.48. The molecule has 2 aliphatic rings. The maximum atomic E-state index is 12.3. The van der Waals surface area contributed by atoms with Crippen LogP contribution < -0.4 is 10.1 Å². The third-order valence-electron chi connectivity index (χ3n) is 4.00. The van der Waals surface area contributed by atoms with E-state index in [1.165, 1.54) is 0 Å². The van der Waals surface area contributed by atoms with Gasteiger partial charge in [-0.25, -0.2) is 0 Å². The Balaban J connectivity index is 1.49. The highest BCUT2D eigenvalue weighted by Crippen LogP contribution is 2.20. The van der Waals surface area contributed by atoms with E-state index in [1.54, 1.807) is 12.4 Å². The molecule has 112 valence electrons. The zero-order chi connectivity index (χ0) is 14.7. The van der Waals surface area contributed by atoms with Gasteiger partial charge in [0.1, 0.15) is 17.9 Å². The molecule has 21 heavy (non-hydrogen) atoms. The molecule has 0 unspecified atom stereocenters. The molecular formula is C15H19N3O3. The molecule has 0 aromatic carbocycles. The van der Waals surface area contributed by atoms with E-state index in [4.69, 9.17) is 4.74 Å². The normalized spacial score (nSPS) is 23.0. The number of piperidine rings is 1. The minimum atomic E-state index is -0.324. The van der Waals surface area contributed by atoms with Crippen LogP contribution in [0.5, 0.6) is 5.75 Å². The van der Waals surface area contributed by atoms with Crippen molar-refractivity contribution in [2.24, 2.45) is 0 Å². The molecule has 0 aliphatic carbocycles. The average Bonchev–Trinajstić information content (AvgIpc) is 2.95. The molecule has 1 aromatic rings. The van der Waals surface area contributed by atoms with Crippen LogP contribution in [0, 0.1) is 0 Å². The van der Waals surface area contributed by atoms with Gasteiger partial charge in [-0.1, -0.05) is 0 Å². The third-order valence-corrected chi connectivity index (χ3v) is 4.00. The Hall–Kier alpha value is -2.11.